The van der Waals surface area contributed by atoms with Gasteiger partial charge >= 0.3 is 6.09 Å². The standard InChI is InChI=1S/C13H25NO3/c1-10(2)9-11(15)7-8-14(6)12(16)17-13(3,4)5/h10H,7-9H2,1-6H3. The highest BCUT2D eigenvalue weighted by atomic mass is 16.6. The summed E-state index contributed by atoms with van der Waals surface area (Å²) in [7, 11) is 1.65. The molecule has 4 nitrogen and oxygen atoms in total. The highest BCUT2D eigenvalue weighted by Gasteiger charge is 2.19. The maximum atomic E-state index is 11.6. The largest absolute Gasteiger partial charge is 0.444 e. The van der Waals surface area contributed by atoms with Crippen molar-refractivity contribution in [1.82, 2.24) is 4.90 Å². The number of ether oxygens (including phenoxy) is 1. The van der Waals surface area contributed by atoms with Gasteiger partial charge in [-0.2, -0.15) is 0 Å². The number of carbonyl (C=O) groups excluding carboxylic acids is 2. The molecule has 100 valence electrons. The molecule has 0 saturated heterocycles. The second-order valence-corrected chi connectivity index (χ2v) is 5.79. The Balaban J connectivity index is 3.98. The zero-order valence-corrected chi connectivity index (χ0v) is 11.9. The average Bonchev–Trinajstić information content (AvgIpc) is 2.10. The lowest BCUT2D eigenvalue weighted by Crippen LogP contribution is -2.35. The molecule has 17 heavy (non-hydrogen) atoms. The van der Waals surface area contributed by atoms with Gasteiger partial charge in [0.2, 0.25) is 0 Å². The number of Topliss-reactive ketones (excluding diaryl/α,β-unsaturated/α-hetero) is 1. The summed E-state index contributed by atoms with van der Waals surface area (Å²) >= 11 is 0. The normalized spacial score (nSPS) is 11.5. The molecule has 0 radical (unpaired) electrons. The van der Waals surface area contributed by atoms with Crippen LogP contribution in [-0.2, 0) is 9.53 Å². The van der Waals surface area contributed by atoms with Crippen molar-refractivity contribution in [3.8, 4) is 0 Å². The molecule has 0 unspecified atom stereocenters. The van der Waals surface area contributed by atoms with Gasteiger partial charge in [0.1, 0.15) is 11.4 Å². The van der Waals surface area contributed by atoms with Gasteiger partial charge in [-0.25, -0.2) is 4.79 Å². The van der Waals surface area contributed by atoms with E-state index < -0.39 is 5.60 Å². The van der Waals surface area contributed by atoms with E-state index in [2.05, 4.69) is 0 Å². The number of nitrogens with zero attached hydrogens (tertiary/aromatic N) is 1. The molecule has 0 saturated carbocycles. The first-order valence-corrected chi connectivity index (χ1v) is 6.07. The highest BCUT2D eigenvalue weighted by Crippen LogP contribution is 2.10. The molecule has 0 aliphatic heterocycles. The van der Waals surface area contributed by atoms with Crippen molar-refractivity contribution in [2.24, 2.45) is 5.92 Å². The minimum Gasteiger partial charge on any atom is -0.444 e. The van der Waals surface area contributed by atoms with Crippen LogP contribution >= 0.6 is 0 Å². The first-order chi connectivity index (χ1) is 7.61. The Morgan fingerprint density at radius 2 is 1.76 bits per heavy atom. The van der Waals surface area contributed by atoms with Crippen molar-refractivity contribution in [3.05, 3.63) is 0 Å². The third-order valence-electron chi connectivity index (χ3n) is 2.07. The van der Waals surface area contributed by atoms with E-state index in [0.29, 0.717) is 25.3 Å². The van der Waals surface area contributed by atoms with Crippen LogP contribution in [0.2, 0.25) is 0 Å². The van der Waals surface area contributed by atoms with Gasteiger partial charge in [0.05, 0.1) is 0 Å². The number of hydrogen-bond donors (Lipinski definition) is 0. The number of rotatable bonds is 5. The molecule has 0 aliphatic rings. The molecule has 0 aromatic carbocycles. The molecule has 0 N–H and O–H groups in total. The van der Waals surface area contributed by atoms with Crippen LogP contribution < -0.4 is 0 Å². The fourth-order valence-electron chi connectivity index (χ4n) is 1.28. The first-order valence-electron chi connectivity index (χ1n) is 6.07. The van der Waals surface area contributed by atoms with Crippen LogP contribution in [0.15, 0.2) is 0 Å². The Kier molecular flexibility index (Phi) is 6.21. The fourth-order valence-corrected chi connectivity index (χ4v) is 1.28. The van der Waals surface area contributed by atoms with Crippen molar-refractivity contribution in [3.63, 3.8) is 0 Å². The maximum absolute atomic E-state index is 11.6. The summed E-state index contributed by atoms with van der Waals surface area (Å²) < 4.78 is 5.19. The minimum atomic E-state index is -0.493. The Labute approximate surface area is 104 Å². The Morgan fingerprint density at radius 3 is 2.18 bits per heavy atom. The Bertz CT molecular complexity index is 266. The van der Waals surface area contributed by atoms with E-state index in [4.69, 9.17) is 4.74 Å². The van der Waals surface area contributed by atoms with Crippen molar-refractivity contribution in [2.75, 3.05) is 13.6 Å². The molecular formula is C13H25NO3. The number of ketones is 1. The SMILES string of the molecule is CC(C)CC(=O)CCN(C)C(=O)OC(C)(C)C. The summed E-state index contributed by atoms with van der Waals surface area (Å²) in [6, 6.07) is 0. The second-order valence-electron chi connectivity index (χ2n) is 5.79. The molecule has 0 spiro atoms. The summed E-state index contributed by atoms with van der Waals surface area (Å²) in [5.74, 6) is 0.560. The smallest absolute Gasteiger partial charge is 0.410 e. The lowest BCUT2D eigenvalue weighted by molar-refractivity contribution is -0.119. The highest BCUT2D eigenvalue weighted by molar-refractivity contribution is 5.79. The summed E-state index contributed by atoms with van der Waals surface area (Å²) in [5, 5.41) is 0. The molecule has 0 aromatic rings. The fraction of sp³-hybridized carbons (Fsp3) is 0.846. The second kappa shape index (κ2) is 6.62. The van der Waals surface area contributed by atoms with Crippen molar-refractivity contribution in [2.45, 2.75) is 53.1 Å². The quantitative estimate of drug-likeness (QED) is 0.746. The number of carbonyl (C=O) groups is 2. The summed E-state index contributed by atoms with van der Waals surface area (Å²) in [6.07, 6.45) is 0.589. The summed E-state index contributed by atoms with van der Waals surface area (Å²) in [4.78, 5) is 24.5. The van der Waals surface area contributed by atoms with Gasteiger partial charge in [-0.1, -0.05) is 13.8 Å². The van der Waals surface area contributed by atoms with Crippen LogP contribution in [0.25, 0.3) is 0 Å². The molecule has 0 atom stereocenters. The van der Waals surface area contributed by atoms with E-state index in [1.807, 2.05) is 34.6 Å². The molecule has 1 amide bonds. The van der Waals surface area contributed by atoms with Gasteiger partial charge in [-0.3, -0.25) is 4.79 Å². The summed E-state index contributed by atoms with van der Waals surface area (Å²) in [6.45, 7) is 9.90. The van der Waals surface area contributed by atoms with Gasteiger partial charge in [0.25, 0.3) is 0 Å². The van der Waals surface area contributed by atoms with Gasteiger partial charge in [-0.05, 0) is 26.7 Å². The average molecular weight is 243 g/mol. The molecule has 0 fully saturated rings. The molecule has 0 heterocycles. The molecule has 0 aliphatic carbocycles. The lowest BCUT2D eigenvalue weighted by atomic mass is 10.1. The number of amides is 1. The van der Waals surface area contributed by atoms with Crippen LogP contribution in [-0.4, -0.2) is 36.0 Å². The third-order valence-corrected chi connectivity index (χ3v) is 2.07. The zero-order chi connectivity index (χ0) is 13.6. The molecule has 0 aromatic heterocycles. The Hall–Kier alpha value is -1.06. The van der Waals surface area contributed by atoms with Crippen molar-refractivity contribution >= 4 is 11.9 Å². The Morgan fingerprint density at radius 1 is 1.24 bits per heavy atom. The molecule has 0 rings (SSSR count). The van der Waals surface area contributed by atoms with Crippen LogP contribution in [0, 0.1) is 5.92 Å². The lowest BCUT2D eigenvalue weighted by Gasteiger charge is -2.24. The molecular weight excluding hydrogens is 218 g/mol. The summed E-state index contributed by atoms with van der Waals surface area (Å²) in [5.41, 5.74) is -0.493. The van der Waals surface area contributed by atoms with Gasteiger partial charge < -0.3 is 9.64 Å². The number of hydrogen-bond acceptors (Lipinski definition) is 3. The molecule has 4 heteroatoms. The van der Waals surface area contributed by atoms with Crippen LogP contribution in [0.4, 0.5) is 4.79 Å². The molecule has 0 bridgehead atoms. The first kappa shape index (κ1) is 15.9. The monoisotopic (exact) mass is 243 g/mol. The maximum Gasteiger partial charge on any atom is 0.410 e. The van der Waals surface area contributed by atoms with Gasteiger partial charge in [0.15, 0.2) is 0 Å². The van der Waals surface area contributed by atoms with Gasteiger partial charge in [-0.15, -0.1) is 0 Å². The van der Waals surface area contributed by atoms with E-state index in [1.54, 1.807) is 7.05 Å². The van der Waals surface area contributed by atoms with E-state index >= 15 is 0 Å². The van der Waals surface area contributed by atoms with E-state index in [0.717, 1.165) is 0 Å². The zero-order valence-electron chi connectivity index (χ0n) is 11.9. The van der Waals surface area contributed by atoms with E-state index in [-0.39, 0.29) is 11.9 Å². The van der Waals surface area contributed by atoms with Gasteiger partial charge in [0, 0.05) is 26.4 Å². The van der Waals surface area contributed by atoms with Crippen molar-refractivity contribution < 1.29 is 14.3 Å². The minimum absolute atomic E-state index is 0.190. The van der Waals surface area contributed by atoms with Crippen LogP contribution in [0.5, 0.6) is 0 Å². The predicted molar refractivity (Wildman–Crippen MR) is 67.9 cm³/mol. The van der Waals surface area contributed by atoms with Crippen LogP contribution in [0.1, 0.15) is 47.5 Å². The predicted octanol–water partition coefficient (Wildman–Crippen LogP) is 2.86. The van der Waals surface area contributed by atoms with E-state index in [9.17, 15) is 9.59 Å². The van der Waals surface area contributed by atoms with Crippen LogP contribution in [0.3, 0.4) is 0 Å². The third kappa shape index (κ3) is 8.72. The van der Waals surface area contributed by atoms with Crippen molar-refractivity contribution in [1.29, 1.82) is 0 Å². The van der Waals surface area contributed by atoms with E-state index in [1.165, 1.54) is 4.90 Å². The topological polar surface area (TPSA) is 46.6 Å².